The molecule has 1 heterocycles. The minimum absolute atomic E-state index is 0.130. The highest BCUT2D eigenvalue weighted by molar-refractivity contribution is 6.76. The molecule has 5 atom stereocenters. The van der Waals surface area contributed by atoms with E-state index in [9.17, 15) is 4.79 Å². The molecular formula is C36H36Cl3NO6. The molecule has 1 aliphatic rings. The minimum atomic E-state index is -2.23. The third-order valence-corrected chi connectivity index (χ3v) is 7.93. The van der Waals surface area contributed by atoms with Crippen LogP contribution in [-0.2, 0) is 54.9 Å². The van der Waals surface area contributed by atoms with Crippen molar-refractivity contribution in [2.24, 2.45) is 0 Å². The molecule has 0 saturated carbocycles. The first-order valence-corrected chi connectivity index (χ1v) is 16.1. The summed E-state index contributed by atoms with van der Waals surface area (Å²) in [5.74, 6) is -0.856. The lowest BCUT2D eigenvalue weighted by atomic mass is 9.96. The zero-order valence-corrected chi connectivity index (χ0v) is 27.3. The Morgan fingerprint density at radius 2 is 0.978 bits per heavy atom. The highest BCUT2D eigenvalue weighted by atomic mass is 35.6. The number of halogens is 3. The van der Waals surface area contributed by atoms with Crippen LogP contribution in [0.4, 0.5) is 0 Å². The fraction of sp³-hybridized carbons (Fsp3) is 0.306. The van der Waals surface area contributed by atoms with E-state index < -0.39 is 40.3 Å². The fourth-order valence-corrected chi connectivity index (χ4v) is 5.28. The predicted octanol–water partition coefficient (Wildman–Crippen LogP) is 7.17. The lowest BCUT2D eigenvalue weighted by Gasteiger charge is -2.46. The molecule has 5 rings (SSSR count). The summed E-state index contributed by atoms with van der Waals surface area (Å²) in [6, 6.07) is 39.1. The number of hydrogen-bond acceptors (Lipinski definition) is 6. The normalized spacial score (nSPS) is 21.5. The van der Waals surface area contributed by atoms with Crippen LogP contribution in [0.25, 0.3) is 0 Å². The molecule has 0 aromatic heterocycles. The minimum Gasteiger partial charge on any atom is -0.374 e. The molecule has 4 aromatic carbocycles. The molecule has 1 aliphatic heterocycles. The molecule has 0 radical (unpaired) electrons. The Hall–Kier alpha value is -2.98. The molecular weight excluding hydrogens is 649 g/mol. The molecule has 242 valence electrons. The van der Waals surface area contributed by atoms with Gasteiger partial charge in [0.2, 0.25) is 0 Å². The summed E-state index contributed by atoms with van der Waals surface area (Å²) in [6.07, 6.45) is -4.00. The van der Waals surface area contributed by atoms with Crippen molar-refractivity contribution in [3.05, 3.63) is 144 Å². The molecule has 1 saturated heterocycles. The Morgan fingerprint density at radius 3 is 1.41 bits per heavy atom. The lowest BCUT2D eigenvalue weighted by Crippen LogP contribution is -2.66. The van der Waals surface area contributed by atoms with Gasteiger partial charge in [-0.3, -0.25) is 4.79 Å². The summed E-state index contributed by atoms with van der Waals surface area (Å²) in [6.45, 7) is 1.23. The molecule has 4 aromatic rings. The van der Waals surface area contributed by atoms with Gasteiger partial charge in [0, 0.05) is 0 Å². The van der Waals surface area contributed by atoms with E-state index in [-0.39, 0.29) is 26.4 Å². The first kappa shape index (κ1) is 34.4. The van der Waals surface area contributed by atoms with Crippen molar-refractivity contribution in [2.75, 3.05) is 6.61 Å². The van der Waals surface area contributed by atoms with Crippen molar-refractivity contribution in [3.63, 3.8) is 0 Å². The van der Waals surface area contributed by atoms with E-state index in [0.717, 1.165) is 22.3 Å². The SMILES string of the molecule is O=C(NC1O[C@H](COCc2ccccc2)[C@@H](OCc2ccccc2)[C@H](OCc2ccccc2)[C@H]1OCc1ccccc1)C(Cl)(Cl)Cl. The maximum Gasteiger partial charge on any atom is 0.274 e. The monoisotopic (exact) mass is 683 g/mol. The lowest BCUT2D eigenvalue weighted by molar-refractivity contribution is -0.277. The summed E-state index contributed by atoms with van der Waals surface area (Å²) in [4.78, 5) is 13.0. The van der Waals surface area contributed by atoms with E-state index in [1.807, 2.05) is 121 Å². The number of ether oxygens (including phenoxy) is 5. The highest BCUT2D eigenvalue weighted by Crippen LogP contribution is 2.32. The van der Waals surface area contributed by atoms with E-state index in [1.54, 1.807) is 0 Å². The second-order valence-corrected chi connectivity index (χ2v) is 13.1. The van der Waals surface area contributed by atoms with Gasteiger partial charge in [0.05, 0.1) is 33.0 Å². The Bertz CT molecular complexity index is 1460. The number of carbonyl (C=O) groups is 1. The Labute approximate surface area is 284 Å². The molecule has 0 aliphatic carbocycles. The largest absolute Gasteiger partial charge is 0.374 e. The molecule has 1 fully saturated rings. The molecule has 0 bridgehead atoms. The predicted molar refractivity (Wildman–Crippen MR) is 178 cm³/mol. The van der Waals surface area contributed by atoms with Gasteiger partial charge in [-0.05, 0) is 22.3 Å². The van der Waals surface area contributed by atoms with Crippen LogP contribution in [-0.4, -0.2) is 47.0 Å². The topological polar surface area (TPSA) is 75.3 Å². The Morgan fingerprint density at radius 1 is 0.587 bits per heavy atom. The highest BCUT2D eigenvalue weighted by Gasteiger charge is 2.50. The van der Waals surface area contributed by atoms with Gasteiger partial charge >= 0.3 is 0 Å². The summed E-state index contributed by atoms with van der Waals surface area (Å²) in [7, 11) is 0. The van der Waals surface area contributed by atoms with Gasteiger partial charge in [-0.2, -0.15) is 0 Å². The molecule has 1 amide bonds. The van der Waals surface area contributed by atoms with E-state index in [1.165, 1.54) is 0 Å². The first-order chi connectivity index (χ1) is 22.4. The summed E-state index contributed by atoms with van der Waals surface area (Å²) < 4.78 is 30.1. The van der Waals surface area contributed by atoms with E-state index in [0.29, 0.717) is 6.61 Å². The van der Waals surface area contributed by atoms with Crippen LogP contribution in [0.3, 0.4) is 0 Å². The van der Waals surface area contributed by atoms with Gasteiger partial charge in [0.25, 0.3) is 9.70 Å². The molecule has 46 heavy (non-hydrogen) atoms. The van der Waals surface area contributed by atoms with Gasteiger partial charge in [-0.15, -0.1) is 0 Å². The number of benzene rings is 4. The average molecular weight is 685 g/mol. The molecule has 0 spiro atoms. The van der Waals surface area contributed by atoms with Gasteiger partial charge in [-0.25, -0.2) is 0 Å². The van der Waals surface area contributed by atoms with Crippen molar-refractivity contribution < 1.29 is 28.5 Å². The average Bonchev–Trinajstić information content (AvgIpc) is 3.07. The van der Waals surface area contributed by atoms with Crippen LogP contribution >= 0.6 is 34.8 Å². The second kappa shape index (κ2) is 17.3. The van der Waals surface area contributed by atoms with Crippen molar-refractivity contribution in [1.29, 1.82) is 0 Å². The third-order valence-electron chi connectivity index (χ3n) is 7.41. The van der Waals surface area contributed by atoms with Crippen molar-refractivity contribution >= 4 is 40.7 Å². The zero-order chi connectivity index (χ0) is 32.2. The van der Waals surface area contributed by atoms with Crippen LogP contribution in [0.1, 0.15) is 22.3 Å². The van der Waals surface area contributed by atoms with Gasteiger partial charge in [-0.1, -0.05) is 156 Å². The smallest absolute Gasteiger partial charge is 0.274 e. The van der Waals surface area contributed by atoms with Gasteiger partial charge in [0.1, 0.15) is 24.4 Å². The second-order valence-electron chi connectivity index (χ2n) is 10.9. The van der Waals surface area contributed by atoms with Crippen LogP contribution in [0.2, 0.25) is 0 Å². The third kappa shape index (κ3) is 10.3. The summed E-state index contributed by atoms with van der Waals surface area (Å²) >= 11 is 17.9. The van der Waals surface area contributed by atoms with Crippen LogP contribution < -0.4 is 5.32 Å². The van der Waals surface area contributed by atoms with E-state index in [4.69, 9.17) is 58.5 Å². The van der Waals surface area contributed by atoms with Gasteiger partial charge in [0.15, 0.2) is 6.23 Å². The maximum absolute atomic E-state index is 13.0. The van der Waals surface area contributed by atoms with Crippen molar-refractivity contribution in [3.8, 4) is 0 Å². The van der Waals surface area contributed by atoms with Crippen LogP contribution in [0.15, 0.2) is 121 Å². The number of nitrogens with one attached hydrogen (secondary N) is 1. The number of hydrogen-bond donors (Lipinski definition) is 1. The number of rotatable bonds is 14. The first-order valence-electron chi connectivity index (χ1n) is 15.0. The van der Waals surface area contributed by atoms with Crippen LogP contribution in [0, 0.1) is 0 Å². The Balaban J connectivity index is 1.46. The standard InChI is InChI=1S/C36H36Cl3NO6/c37-36(38,39)35(41)40-34-33(45-24-29-19-11-4-12-20-29)32(44-23-28-17-9-3-10-18-28)31(43-22-27-15-7-2-8-16-27)30(46-34)25-42-21-26-13-5-1-6-14-26/h1-20,30-34H,21-25H2,(H,40,41)/t30-,31-,32+,33-,34?/m1/s1. The van der Waals surface area contributed by atoms with Crippen molar-refractivity contribution in [1.82, 2.24) is 5.32 Å². The molecule has 10 heteroatoms. The van der Waals surface area contributed by atoms with E-state index in [2.05, 4.69) is 5.32 Å². The number of alkyl halides is 3. The van der Waals surface area contributed by atoms with Crippen LogP contribution in [0.5, 0.6) is 0 Å². The molecule has 1 unspecified atom stereocenters. The molecule has 7 nitrogen and oxygen atoms in total. The fourth-order valence-electron chi connectivity index (χ4n) is 5.12. The summed E-state index contributed by atoms with van der Waals surface area (Å²) in [5, 5.41) is 2.73. The summed E-state index contributed by atoms with van der Waals surface area (Å²) in [5.41, 5.74) is 3.85. The quantitative estimate of drug-likeness (QED) is 0.142. The van der Waals surface area contributed by atoms with Gasteiger partial charge < -0.3 is 29.0 Å². The Kier molecular flexibility index (Phi) is 12.9. The number of carbonyl (C=O) groups excluding carboxylic acids is 1. The van der Waals surface area contributed by atoms with Crippen molar-refractivity contribution in [2.45, 2.75) is 60.9 Å². The van der Waals surface area contributed by atoms with E-state index >= 15 is 0 Å². The maximum atomic E-state index is 13.0. The molecule has 1 N–H and O–H groups in total. The number of amides is 1. The zero-order valence-electron chi connectivity index (χ0n) is 25.1.